The maximum atomic E-state index is 12.5. The summed E-state index contributed by atoms with van der Waals surface area (Å²) >= 11 is 0. The Morgan fingerprint density at radius 2 is 1.37 bits per heavy atom. The minimum absolute atomic E-state index is 0.0221. The molecule has 5 aliphatic carbocycles. The molecule has 0 radical (unpaired) electrons. The van der Waals surface area contributed by atoms with Gasteiger partial charge in [0.2, 0.25) is 0 Å². The molecular formula is C48H78O17. The van der Waals surface area contributed by atoms with E-state index < -0.39 is 116 Å². The largest absolute Gasteiger partial charge is 0.479 e. The fourth-order valence-electron chi connectivity index (χ4n) is 15.1. The fraction of sp³-hybridized carbons (Fsp3) is 0.938. The molecule has 24 atom stereocenters. The van der Waals surface area contributed by atoms with Crippen LogP contribution in [0, 0.1) is 49.7 Å². The van der Waals surface area contributed by atoms with Crippen molar-refractivity contribution in [3.05, 3.63) is 11.6 Å². The lowest BCUT2D eigenvalue weighted by molar-refractivity contribution is -0.389. The molecule has 3 aliphatic heterocycles. The van der Waals surface area contributed by atoms with Crippen molar-refractivity contribution in [1.82, 2.24) is 0 Å². The molecule has 8 rings (SSSR count). The van der Waals surface area contributed by atoms with E-state index in [0.717, 1.165) is 44.9 Å². The summed E-state index contributed by atoms with van der Waals surface area (Å²) in [5.41, 5.74) is -0.628. The molecular weight excluding hydrogens is 849 g/mol. The van der Waals surface area contributed by atoms with Crippen molar-refractivity contribution in [2.45, 2.75) is 218 Å². The van der Waals surface area contributed by atoms with E-state index in [-0.39, 0.29) is 51.6 Å². The maximum absolute atomic E-state index is 12.5. The first-order valence-electron chi connectivity index (χ1n) is 24.0. The molecule has 8 aliphatic rings. The Balaban J connectivity index is 1.08. The third-order valence-electron chi connectivity index (χ3n) is 20.1. The minimum Gasteiger partial charge on any atom is -0.479 e. The molecule has 0 amide bonds. The lowest BCUT2D eigenvalue weighted by Crippen LogP contribution is -2.71. The smallest absolute Gasteiger partial charge is 0.335 e. The van der Waals surface area contributed by atoms with Gasteiger partial charge in [-0.05, 0) is 104 Å². The Labute approximate surface area is 382 Å². The molecule has 372 valence electrons. The molecule has 3 saturated heterocycles. The van der Waals surface area contributed by atoms with Gasteiger partial charge in [0.1, 0.15) is 54.9 Å². The maximum Gasteiger partial charge on any atom is 0.335 e. The van der Waals surface area contributed by atoms with E-state index in [2.05, 4.69) is 54.5 Å². The number of ether oxygens (including phenoxy) is 6. The van der Waals surface area contributed by atoms with Gasteiger partial charge in [0, 0.05) is 10.8 Å². The van der Waals surface area contributed by atoms with E-state index in [1.165, 1.54) is 12.5 Å². The van der Waals surface area contributed by atoms with Crippen LogP contribution in [-0.2, 0) is 33.2 Å². The summed E-state index contributed by atoms with van der Waals surface area (Å²) in [6, 6.07) is 0. The normalized spacial score (nSPS) is 56.6. The third-order valence-corrected chi connectivity index (χ3v) is 20.1. The predicted molar refractivity (Wildman–Crippen MR) is 229 cm³/mol. The van der Waals surface area contributed by atoms with E-state index in [1.807, 2.05) is 6.92 Å². The van der Waals surface area contributed by atoms with E-state index in [9.17, 15) is 55.9 Å². The summed E-state index contributed by atoms with van der Waals surface area (Å²) in [4.78, 5) is 12.5. The lowest BCUT2D eigenvalue weighted by Gasteiger charge is -2.75. The van der Waals surface area contributed by atoms with Crippen LogP contribution >= 0.6 is 0 Å². The molecule has 0 bridgehead atoms. The van der Waals surface area contributed by atoms with E-state index in [4.69, 9.17) is 28.4 Å². The molecule has 24 unspecified atom stereocenters. The molecule has 17 heteroatoms. The van der Waals surface area contributed by atoms with Crippen LogP contribution in [0.4, 0.5) is 0 Å². The van der Waals surface area contributed by atoms with Crippen LogP contribution in [-0.4, -0.2) is 168 Å². The zero-order chi connectivity index (χ0) is 47.8. The quantitative estimate of drug-likeness (QED) is 0.123. The number of carboxylic acid groups (broad SMARTS) is 1. The molecule has 4 saturated carbocycles. The van der Waals surface area contributed by atoms with Gasteiger partial charge in [0.25, 0.3) is 0 Å². The molecule has 65 heavy (non-hydrogen) atoms. The van der Waals surface area contributed by atoms with Crippen LogP contribution in [0.1, 0.15) is 120 Å². The number of aliphatic hydroxyl groups is 9. The van der Waals surface area contributed by atoms with Gasteiger partial charge in [-0.3, -0.25) is 0 Å². The Hall–Kier alpha value is -1.39. The Morgan fingerprint density at radius 3 is 2.03 bits per heavy atom. The van der Waals surface area contributed by atoms with Crippen LogP contribution in [0.2, 0.25) is 0 Å². The second kappa shape index (κ2) is 16.9. The van der Waals surface area contributed by atoms with Gasteiger partial charge in [0.05, 0.1) is 31.5 Å². The van der Waals surface area contributed by atoms with Crippen molar-refractivity contribution in [1.29, 1.82) is 0 Å². The monoisotopic (exact) mass is 927 g/mol. The van der Waals surface area contributed by atoms with Gasteiger partial charge in [-0.15, -0.1) is 0 Å². The second-order valence-electron chi connectivity index (χ2n) is 23.7. The Kier molecular flexibility index (Phi) is 13.0. The molecule has 10 N–H and O–H groups in total. The first-order valence-corrected chi connectivity index (χ1v) is 24.0. The Bertz CT molecular complexity index is 1820. The van der Waals surface area contributed by atoms with Crippen molar-refractivity contribution < 1.29 is 84.3 Å². The van der Waals surface area contributed by atoms with Crippen LogP contribution in [0.5, 0.6) is 0 Å². The first-order chi connectivity index (χ1) is 30.1. The SMILES string of the molecule is CC1OC(OC2C(OC3C(OC4CCC5(C)C6CC=C7C8CC(C)(C)CC(O)C8(C)CCC7(C)C6(C)CCC5(C)C4(C)CO)OC(C(=O)O)C(O)C3O)OCC(O)C2O)C(O)C(O)C1O. The van der Waals surface area contributed by atoms with Gasteiger partial charge in [-0.25, -0.2) is 4.79 Å². The number of carboxylic acids is 1. The van der Waals surface area contributed by atoms with E-state index in [0.29, 0.717) is 12.8 Å². The van der Waals surface area contributed by atoms with E-state index in [1.54, 1.807) is 0 Å². The molecule has 0 aromatic rings. The summed E-state index contributed by atoms with van der Waals surface area (Å²) < 4.78 is 36.2. The van der Waals surface area contributed by atoms with Crippen molar-refractivity contribution in [2.24, 2.45) is 49.7 Å². The average Bonchev–Trinajstić information content (AvgIpc) is 3.24. The third kappa shape index (κ3) is 7.37. The minimum atomic E-state index is -2.02. The summed E-state index contributed by atoms with van der Waals surface area (Å²) in [6.07, 6.45) is -14.8. The number of carbonyl (C=O) groups is 1. The number of rotatable bonds is 8. The van der Waals surface area contributed by atoms with Gasteiger partial charge in [0.15, 0.2) is 25.0 Å². The zero-order valence-electron chi connectivity index (χ0n) is 39.6. The summed E-state index contributed by atoms with van der Waals surface area (Å²) in [6.45, 7) is 19.0. The van der Waals surface area contributed by atoms with Crippen molar-refractivity contribution in [3.8, 4) is 0 Å². The standard InChI is InChI=1S/C48H78O17/c1-22-29(52)31(54)34(57)39(61-22)64-36-30(53)25(50)20-60-40(36)65-37-33(56)32(55)35(38(58)59)63-41(37)62-28-12-13-46(7)26-11-10-23-24-18-42(2,3)19-27(51)43(24,4)14-15-44(23,5)45(26,6)16-17-48(46,9)47(28,8)21-49/h10,22,24-37,39-41,49-57H,11-21H2,1-9H3,(H,58,59). The number of aliphatic hydroxyl groups excluding tert-OH is 9. The number of allylic oxidation sites excluding steroid dienone is 2. The lowest BCUT2D eigenvalue weighted by atomic mass is 9.30. The van der Waals surface area contributed by atoms with E-state index >= 15 is 0 Å². The number of fused-ring (bicyclic) bond motifs is 7. The first kappa shape index (κ1) is 50.0. The average molecular weight is 927 g/mol. The summed E-state index contributed by atoms with van der Waals surface area (Å²) in [7, 11) is 0. The fourth-order valence-corrected chi connectivity index (χ4v) is 15.1. The predicted octanol–water partition coefficient (Wildman–Crippen LogP) is 1.73. The molecule has 17 nitrogen and oxygen atoms in total. The van der Waals surface area contributed by atoms with Gasteiger partial charge < -0.3 is 79.5 Å². The Morgan fingerprint density at radius 1 is 0.708 bits per heavy atom. The highest BCUT2D eigenvalue weighted by atomic mass is 16.8. The molecule has 7 fully saturated rings. The number of hydrogen-bond donors (Lipinski definition) is 10. The molecule has 3 heterocycles. The summed E-state index contributed by atoms with van der Waals surface area (Å²) in [5.74, 6) is -1.05. The van der Waals surface area contributed by atoms with Crippen LogP contribution in [0.15, 0.2) is 11.6 Å². The number of aliphatic carboxylic acids is 1. The second-order valence-corrected chi connectivity index (χ2v) is 23.7. The molecule has 0 spiro atoms. The highest BCUT2D eigenvalue weighted by molar-refractivity contribution is 5.73. The van der Waals surface area contributed by atoms with Crippen LogP contribution in [0.25, 0.3) is 0 Å². The molecule has 0 aromatic carbocycles. The van der Waals surface area contributed by atoms with Crippen molar-refractivity contribution in [2.75, 3.05) is 13.2 Å². The number of hydrogen-bond acceptors (Lipinski definition) is 16. The summed E-state index contributed by atoms with van der Waals surface area (Å²) in [5, 5.41) is 109. The highest BCUT2D eigenvalue weighted by Gasteiger charge is 2.73. The van der Waals surface area contributed by atoms with Crippen LogP contribution < -0.4 is 0 Å². The van der Waals surface area contributed by atoms with Gasteiger partial charge in [-0.1, -0.05) is 67.0 Å². The van der Waals surface area contributed by atoms with Crippen molar-refractivity contribution >= 4 is 5.97 Å². The van der Waals surface area contributed by atoms with Crippen molar-refractivity contribution in [3.63, 3.8) is 0 Å². The molecule has 0 aromatic heterocycles. The van der Waals surface area contributed by atoms with Gasteiger partial charge in [-0.2, -0.15) is 0 Å². The topological polar surface area (TPSA) is 275 Å². The van der Waals surface area contributed by atoms with Crippen LogP contribution in [0.3, 0.4) is 0 Å². The van der Waals surface area contributed by atoms with Gasteiger partial charge >= 0.3 is 5.97 Å². The highest BCUT2D eigenvalue weighted by Crippen LogP contribution is 2.79. The zero-order valence-corrected chi connectivity index (χ0v) is 39.6.